The van der Waals surface area contributed by atoms with Gasteiger partial charge in [-0.2, -0.15) is 9.98 Å². The van der Waals surface area contributed by atoms with Gasteiger partial charge < -0.3 is 11.1 Å². The van der Waals surface area contributed by atoms with E-state index in [4.69, 9.17) is 5.73 Å². The van der Waals surface area contributed by atoms with Crippen LogP contribution in [0, 0.1) is 0 Å². The van der Waals surface area contributed by atoms with Crippen molar-refractivity contribution in [2.75, 3.05) is 11.1 Å². The third-order valence-electron chi connectivity index (χ3n) is 2.84. The number of nitrogens with two attached hydrogens (primary N) is 1. The minimum Gasteiger partial charge on any atom is -0.399 e. The molecule has 1 aliphatic rings. The van der Waals surface area contributed by atoms with E-state index in [1.54, 1.807) is 42.5 Å². The van der Waals surface area contributed by atoms with E-state index in [2.05, 4.69) is 15.3 Å². The number of nitrogens with one attached hydrogen (secondary N) is 1. The van der Waals surface area contributed by atoms with Crippen LogP contribution < -0.4 is 21.8 Å². The zero-order valence-corrected chi connectivity index (χ0v) is 10.3. The lowest BCUT2D eigenvalue weighted by atomic mass is 10.2. The molecule has 3 amide bonds. The van der Waals surface area contributed by atoms with E-state index in [1.165, 1.54) is 0 Å². The second-order valence-electron chi connectivity index (χ2n) is 4.29. The van der Waals surface area contributed by atoms with Gasteiger partial charge in [-0.3, -0.25) is 4.79 Å². The summed E-state index contributed by atoms with van der Waals surface area (Å²) in [5, 5.41) is 3.71. The monoisotopic (exact) mass is 266 g/mol. The second-order valence-corrected chi connectivity index (χ2v) is 4.29. The van der Waals surface area contributed by atoms with Crippen molar-refractivity contribution < 1.29 is 9.59 Å². The molecule has 1 aliphatic heterocycles. The first kappa shape index (κ1) is 12.0. The number of anilines is 2. The van der Waals surface area contributed by atoms with Crippen LogP contribution in [0.25, 0.3) is 0 Å². The normalized spacial score (nSPS) is 12.3. The average Bonchev–Trinajstić information content (AvgIpc) is 2.78. The van der Waals surface area contributed by atoms with Crippen molar-refractivity contribution in [2.24, 2.45) is 9.98 Å². The van der Waals surface area contributed by atoms with Gasteiger partial charge in [0.2, 0.25) is 0 Å². The quantitative estimate of drug-likeness (QED) is 0.790. The molecule has 0 saturated carbocycles. The first-order valence-electron chi connectivity index (χ1n) is 5.90. The molecule has 0 radical (unpaired) electrons. The molecule has 1 heterocycles. The Bertz CT molecular complexity index is 825. The van der Waals surface area contributed by atoms with Crippen LogP contribution in [0.15, 0.2) is 52.4 Å². The molecular weight excluding hydrogens is 256 g/mol. The number of rotatable bonds is 2. The van der Waals surface area contributed by atoms with Crippen LogP contribution in [0.5, 0.6) is 0 Å². The Morgan fingerprint density at radius 1 is 1.00 bits per heavy atom. The highest BCUT2D eigenvalue weighted by atomic mass is 16.2. The summed E-state index contributed by atoms with van der Waals surface area (Å²) in [5.41, 5.74) is 7.22. The summed E-state index contributed by atoms with van der Waals surface area (Å²) in [6.07, 6.45) is 0. The first-order valence-corrected chi connectivity index (χ1v) is 5.90. The minimum atomic E-state index is -0.526. The van der Waals surface area contributed by atoms with Gasteiger partial charge in [-0.1, -0.05) is 0 Å². The lowest BCUT2D eigenvalue weighted by Gasteiger charge is -2.04. The van der Waals surface area contributed by atoms with Gasteiger partial charge in [0.25, 0.3) is 5.91 Å². The summed E-state index contributed by atoms with van der Waals surface area (Å²) < 4.78 is 0. The van der Waals surface area contributed by atoms with Gasteiger partial charge >= 0.3 is 6.03 Å². The molecule has 0 aliphatic carbocycles. The van der Waals surface area contributed by atoms with E-state index >= 15 is 0 Å². The number of carbonyl (C=O) groups excluding carboxylic acids is 2. The number of nitrogen functional groups attached to an aromatic ring is 1. The Morgan fingerprint density at radius 2 is 1.70 bits per heavy atom. The van der Waals surface area contributed by atoms with Crippen LogP contribution in [-0.4, -0.2) is 11.9 Å². The molecule has 0 unspecified atom stereocenters. The van der Waals surface area contributed by atoms with E-state index in [0.717, 1.165) is 0 Å². The maximum atomic E-state index is 12.0. The number of fused-ring (bicyclic) bond motifs is 1. The number of nitrogens with zero attached hydrogens (tertiary/aromatic N) is 2. The van der Waals surface area contributed by atoms with Gasteiger partial charge in [-0.15, -0.1) is 0 Å². The fraction of sp³-hybridized carbons (Fsp3) is 0. The summed E-state index contributed by atoms with van der Waals surface area (Å²) in [4.78, 5) is 30.5. The molecule has 2 aromatic rings. The Labute approximate surface area is 113 Å². The molecule has 2 aromatic carbocycles. The lowest BCUT2D eigenvalue weighted by molar-refractivity contribution is 0.102. The van der Waals surface area contributed by atoms with E-state index in [1.807, 2.05) is 0 Å². The van der Waals surface area contributed by atoms with Crippen molar-refractivity contribution in [2.45, 2.75) is 0 Å². The largest absolute Gasteiger partial charge is 0.399 e. The first-order chi connectivity index (χ1) is 9.61. The number of amides is 3. The fourth-order valence-electron chi connectivity index (χ4n) is 1.85. The Kier molecular flexibility index (Phi) is 2.76. The third-order valence-corrected chi connectivity index (χ3v) is 2.84. The van der Waals surface area contributed by atoms with E-state index in [-0.39, 0.29) is 5.91 Å². The SMILES string of the molecule is Nc1ccc(C(=O)Nc2ccc3c(c2)=NC(=O)N=3)cc1. The molecule has 0 bridgehead atoms. The molecule has 0 fully saturated rings. The minimum absolute atomic E-state index is 0.258. The molecular formula is C14H10N4O2. The summed E-state index contributed by atoms with van der Waals surface area (Å²) in [6, 6.07) is 11.0. The van der Waals surface area contributed by atoms with E-state index in [9.17, 15) is 9.59 Å². The van der Waals surface area contributed by atoms with Gasteiger partial charge in [0, 0.05) is 16.9 Å². The molecule has 20 heavy (non-hydrogen) atoms. The summed E-state index contributed by atoms with van der Waals surface area (Å²) in [6.45, 7) is 0. The zero-order chi connectivity index (χ0) is 14.1. The number of hydrogen-bond donors (Lipinski definition) is 2. The van der Waals surface area contributed by atoms with Gasteiger partial charge in [0.15, 0.2) is 0 Å². The molecule has 0 saturated heterocycles. The molecule has 98 valence electrons. The van der Waals surface area contributed by atoms with Crippen molar-refractivity contribution in [3.05, 3.63) is 58.7 Å². The smallest absolute Gasteiger partial charge is 0.368 e. The molecule has 0 spiro atoms. The Morgan fingerprint density at radius 3 is 2.45 bits per heavy atom. The third kappa shape index (κ3) is 2.26. The number of benzene rings is 2. The zero-order valence-electron chi connectivity index (χ0n) is 10.3. The molecule has 3 rings (SSSR count). The predicted octanol–water partition coefficient (Wildman–Crippen LogP) is 0.894. The lowest BCUT2D eigenvalue weighted by Crippen LogP contribution is -2.22. The van der Waals surface area contributed by atoms with Crippen LogP contribution in [-0.2, 0) is 0 Å². The maximum Gasteiger partial charge on any atom is 0.368 e. The number of carbonyl (C=O) groups is 2. The Hall–Kier alpha value is -3.02. The van der Waals surface area contributed by atoms with E-state index in [0.29, 0.717) is 27.7 Å². The molecule has 3 N–H and O–H groups in total. The molecule has 6 nitrogen and oxygen atoms in total. The van der Waals surface area contributed by atoms with Crippen molar-refractivity contribution in [1.29, 1.82) is 0 Å². The number of urea groups is 1. The molecule has 0 atom stereocenters. The fourth-order valence-corrected chi connectivity index (χ4v) is 1.85. The summed E-state index contributed by atoms with van der Waals surface area (Å²) >= 11 is 0. The van der Waals surface area contributed by atoms with Crippen molar-refractivity contribution in [3.63, 3.8) is 0 Å². The van der Waals surface area contributed by atoms with Crippen LogP contribution in [0.2, 0.25) is 0 Å². The van der Waals surface area contributed by atoms with Gasteiger partial charge in [0.1, 0.15) is 0 Å². The van der Waals surface area contributed by atoms with Crippen molar-refractivity contribution in [1.82, 2.24) is 0 Å². The van der Waals surface area contributed by atoms with Gasteiger partial charge in [-0.05, 0) is 42.5 Å². The standard InChI is InChI=1S/C14H10N4O2/c15-9-3-1-8(2-4-9)13(19)16-10-5-6-11-12(7-10)18-14(20)17-11/h1-7H,15H2,(H,16,19). The highest BCUT2D eigenvalue weighted by molar-refractivity contribution is 6.04. The van der Waals surface area contributed by atoms with Crippen LogP contribution in [0.3, 0.4) is 0 Å². The van der Waals surface area contributed by atoms with Crippen molar-refractivity contribution >= 4 is 23.3 Å². The Balaban J connectivity index is 1.86. The second kappa shape index (κ2) is 4.58. The molecule has 6 heteroatoms. The maximum absolute atomic E-state index is 12.0. The number of hydrogen-bond acceptors (Lipinski definition) is 3. The van der Waals surface area contributed by atoms with E-state index < -0.39 is 6.03 Å². The van der Waals surface area contributed by atoms with Gasteiger partial charge in [-0.25, -0.2) is 4.79 Å². The topological polar surface area (TPSA) is 96.9 Å². The molecule has 0 aromatic heterocycles. The van der Waals surface area contributed by atoms with Crippen LogP contribution in [0.1, 0.15) is 10.4 Å². The van der Waals surface area contributed by atoms with Gasteiger partial charge in [0.05, 0.1) is 10.7 Å². The predicted molar refractivity (Wildman–Crippen MR) is 73.0 cm³/mol. The van der Waals surface area contributed by atoms with Crippen LogP contribution in [0.4, 0.5) is 16.2 Å². The van der Waals surface area contributed by atoms with Crippen molar-refractivity contribution in [3.8, 4) is 0 Å². The summed E-state index contributed by atoms with van der Waals surface area (Å²) in [7, 11) is 0. The van der Waals surface area contributed by atoms with Crippen LogP contribution >= 0.6 is 0 Å². The highest BCUT2D eigenvalue weighted by Crippen LogP contribution is 2.09. The average molecular weight is 266 g/mol. The highest BCUT2D eigenvalue weighted by Gasteiger charge is 2.08. The summed E-state index contributed by atoms with van der Waals surface area (Å²) in [5.74, 6) is -0.258.